The summed E-state index contributed by atoms with van der Waals surface area (Å²) >= 11 is 0. The van der Waals surface area contributed by atoms with Gasteiger partial charge in [0.05, 0.1) is 6.04 Å². The van der Waals surface area contributed by atoms with E-state index in [9.17, 15) is 4.79 Å². The first-order valence-electron chi connectivity index (χ1n) is 11.6. The summed E-state index contributed by atoms with van der Waals surface area (Å²) < 4.78 is 5.67. The lowest BCUT2D eigenvalue weighted by molar-refractivity contribution is -0.00159. The summed E-state index contributed by atoms with van der Waals surface area (Å²) in [6.45, 7) is 8.14. The fourth-order valence-electron chi connectivity index (χ4n) is 4.57. The van der Waals surface area contributed by atoms with Crippen LogP contribution >= 0.6 is 0 Å². The van der Waals surface area contributed by atoms with E-state index in [1.54, 1.807) is 5.57 Å². The summed E-state index contributed by atoms with van der Waals surface area (Å²) in [6.07, 6.45) is 20.5. The van der Waals surface area contributed by atoms with E-state index < -0.39 is 5.60 Å². The summed E-state index contributed by atoms with van der Waals surface area (Å²) in [5.41, 5.74) is 1.18. The van der Waals surface area contributed by atoms with Crippen molar-refractivity contribution in [1.29, 1.82) is 0 Å². The van der Waals surface area contributed by atoms with Crippen LogP contribution in [-0.2, 0) is 4.74 Å². The predicted molar refractivity (Wildman–Crippen MR) is 114 cm³/mol. The minimum Gasteiger partial charge on any atom is -0.444 e. The fraction of sp³-hybridized carbons (Fsp3) is 0.875. The van der Waals surface area contributed by atoms with Gasteiger partial charge in [0.15, 0.2) is 0 Å². The monoisotopic (exact) mass is 377 g/mol. The zero-order chi connectivity index (χ0) is 19.7. The van der Waals surface area contributed by atoms with Gasteiger partial charge in [-0.05, 0) is 59.3 Å². The highest BCUT2D eigenvalue weighted by atomic mass is 16.6. The van der Waals surface area contributed by atoms with Crippen molar-refractivity contribution < 1.29 is 9.53 Å². The van der Waals surface area contributed by atoms with Gasteiger partial charge >= 0.3 is 6.09 Å². The van der Waals surface area contributed by atoms with Crippen LogP contribution in [0.1, 0.15) is 118 Å². The molecule has 2 unspecified atom stereocenters. The number of fused-ring (bicyclic) bond motifs is 2. The third kappa shape index (κ3) is 7.87. The molecule has 2 atom stereocenters. The minimum absolute atomic E-state index is 0.115. The minimum atomic E-state index is -0.411. The quantitative estimate of drug-likeness (QED) is 0.293. The Hall–Kier alpha value is -0.990. The Morgan fingerprint density at radius 3 is 2.26 bits per heavy atom. The third-order valence-corrected chi connectivity index (χ3v) is 5.92. The molecule has 2 heterocycles. The highest BCUT2D eigenvalue weighted by molar-refractivity contribution is 5.70. The maximum atomic E-state index is 12.6. The SMILES string of the molecule is CCCCCCCCCCCC1=CC2CCCC(C1)N2C(=O)OC(C)(C)C. The number of hydrogen-bond acceptors (Lipinski definition) is 2. The van der Waals surface area contributed by atoms with E-state index in [-0.39, 0.29) is 12.1 Å². The molecule has 27 heavy (non-hydrogen) atoms. The maximum absolute atomic E-state index is 12.6. The van der Waals surface area contributed by atoms with Crippen molar-refractivity contribution in [3.8, 4) is 0 Å². The molecule has 1 fully saturated rings. The molecule has 156 valence electrons. The zero-order valence-electron chi connectivity index (χ0n) is 18.4. The predicted octanol–water partition coefficient (Wildman–Crippen LogP) is 7.40. The van der Waals surface area contributed by atoms with Gasteiger partial charge in [-0.15, -0.1) is 0 Å². The number of rotatable bonds is 10. The maximum Gasteiger partial charge on any atom is 0.411 e. The summed E-state index contributed by atoms with van der Waals surface area (Å²) in [5, 5.41) is 0. The van der Waals surface area contributed by atoms with Crippen molar-refractivity contribution in [3.63, 3.8) is 0 Å². The standard InChI is InChI=1S/C24H43NO2/c1-5-6-7-8-9-10-11-12-13-15-20-18-21-16-14-17-22(19-20)25(21)23(26)27-24(2,3)4/h18,21-22H,5-17,19H2,1-4H3. The molecule has 2 aliphatic rings. The van der Waals surface area contributed by atoms with Gasteiger partial charge in [0.2, 0.25) is 0 Å². The van der Waals surface area contributed by atoms with Gasteiger partial charge in [0.25, 0.3) is 0 Å². The number of unbranched alkanes of at least 4 members (excludes halogenated alkanes) is 8. The molecule has 0 aromatic rings. The van der Waals surface area contributed by atoms with Gasteiger partial charge in [-0.1, -0.05) is 69.9 Å². The van der Waals surface area contributed by atoms with E-state index in [1.165, 1.54) is 70.6 Å². The first-order valence-corrected chi connectivity index (χ1v) is 11.6. The van der Waals surface area contributed by atoms with E-state index in [1.807, 2.05) is 25.7 Å². The van der Waals surface area contributed by atoms with Crippen LogP contribution in [0.3, 0.4) is 0 Å². The highest BCUT2D eigenvalue weighted by Gasteiger charge is 2.38. The Balaban J connectivity index is 1.71. The molecule has 0 aliphatic carbocycles. The van der Waals surface area contributed by atoms with Crippen LogP contribution in [0.2, 0.25) is 0 Å². The van der Waals surface area contributed by atoms with E-state index in [0.29, 0.717) is 6.04 Å². The Morgan fingerprint density at radius 1 is 1.04 bits per heavy atom. The normalized spacial score (nSPS) is 22.5. The van der Waals surface area contributed by atoms with Crippen molar-refractivity contribution in [3.05, 3.63) is 11.6 Å². The number of hydrogen-bond donors (Lipinski definition) is 0. The van der Waals surface area contributed by atoms with Crippen molar-refractivity contribution in [2.75, 3.05) is 0 Å². The van der Waals surface area contributed by atoms with Crippen molar-refractivity contribution >= 4 is 6.09 Å². The van der Waals surface area contributed by atoms with Gasteiger partial charge in [0, 0.05) is 6.04 Å². The fourth-order valence-corrected chi connectivity index (χ4v) is 4.57. The first kappa shape index (κ1) is 22.3. The van der Waals surface area contributed by atoms with E-state index in [0.717, 1.165) is 19.3 Å². The number of ether oxygens (including phenoxy) is 1. The number of carbonyl (C=O) groups excluding carboxylic acids is 1. The van der Waals surface area contributed by atoms with Crippen molar-refractivity contribution in [2.24, 2.45) is 0 Å². The van der Waals surface area contributed by atoms with E-state index >= 15 is 0 Å². The summed E-state index contributed by atoms with van der Waals surface area (Å²) in [7, 11) is 0. The molecule has 1 amide bonds. The second-order valence-electron chi connectivity index (χ2n) is 9.65. The summed E-state index contributed by atoms with van der Waals surface area (Å²) in [5.74, 6) is 0. The van der Waals surface area contributed by atoms with Crippen molar-refractivity contribution in [2.45, 2.75) is 135 Å². The molecule has 0 saturated carbocycles. The average Bonchev–Trinajstić information content (AvgIpc) is 2.58. The van der Waals surface area contributed by atoms with Crippen LogP contribution in [0.25, 0.3) is 0 Å². The van der Waals surface area contributed by atoms with Crippen molar-refractivity contribution in [1.82, 2.24) is 4.90 Å². The van der Waals surface area contributed by atoms with Crippen LogP contribution in [0.15, 0.2) is 11.6 Å². The number of nitrogens with zero attached hydrogens (tertiary/aromatic N) is 1. The molecular weight excluding hydrogens is 334 g/mol. The highest BCUT2D eigenvalue weighted by Crippen LogP contribution is 2.36. The van der Waals surface area contributed by atoms with Gasteiger partial charge in [-0.25, -0.2) is 4.79 Å². The van der Waals surface area contributed by atoms with Gasteiger partial charge in [-0.3, -0.25) is 4.90 Å². The topological polar surface area (TPSA) is 29.5 Å². The molecule has 0 radical (unpaired) electrons. The van der Waals surface area contributed by atoms with E-state index in [4.69, 9.17) is 4.74 Å². The van der Waals surface area contributed by atoms with Crippen LogP contribution in [0, 0.1) is 0 Å². The molecule has 2 aliphatic heterocycles. The second-order valence-corrected chi connectivity index (χ2v) is 9.65. The molecule has 1 saturated heterocycles. The van der Waals surface area contributed by atoms with E-state index in [2.05, 4.69) is 13.0 Å². The lowest BCUT2D eigenvalue weighted by atomic mass is 9.84. The zero-order valence-corrected chi connectivity index (χ0v) is 18.4. The van der Waals surface area contributed by atoms with Crippen LogP contribution < -0.4 is 0 Å². The second kappa shape index (κ2) is 11.1. The molecule has 2 bridgehead atoms. The summed E-state index contributed by atoms with van der Waals surface area (Å²) in [4.78, 5) is 14.7. The molecule has 3 heteroatoms. The molecular formula is C24H43NO2. The molecule has 0 N–H and O–H groups in total. The number of amides is 1. The Labute approximate surface area is 167 Å². The lowest BCUT2D eigenvalue weighted by Crippen LogP contribution is -2.53. The van der Waals surface area contributed by atoms with Crippen LogP contribution in [0.5, 0.6) is 0 Å². The smallest absolute Gasteiger partial charge is 0.411 e. The number of carbonyl (C=O) groups is 1. The van der Waals surface area contributed by atoms with Gasteiger partial charge in [0.1, 0.15) is 5.60 Å². The van der Waals surface area contributed by atoms with Crippen LogP contribution in [0.4, 0.5) is 4.79 Å². The molecule has 0 aromatic carbocycles. The Morgan fingerprint density at radius 2 is 1.67 bits per heavy atom. The number of piperidine rings is 1. The third-order valence-electron chi connectivity index (χ3n) is 5.92. The average molecular weight is 378 g/mol. The van der Waals surface area contributed by atoms with Gasteiger partial charge < -0.3 is 4.74 Å². The molecule has 0 aromatic heterocycles. The Bertz CT molecular complexity index is 477. The first-order chi connectivity index (χ1) is 12.9. The van der Waals surface area contributed by atoms with Gasteiger partial charge in [-0.2, -0.15) is 0 Å². The summed E-state index contributed by atoms with van der Waals surface area (Å²) in [6, 6.07) is 0.623. The van der Waals surface area contributed by atoms with Crippen LogP contribution in [-0.4, -0.2) is 28.7 Å². The molecule has 3 nitrogen and oxygen atoms in total. The molecule has 0 spiro atoms. The molecule has 2 rings (SSSR count). The Kier molecular flexibility index (Phi) is 9.18. The lowest BCUT2D eigenvalue weighted by Gasteiger charge is -2.45. The largest absolute Gasteiger partial charge is 0.444 e.